The van der Waals surface area contributed by atoms with Crippen molar-refractivity contribution in [1.29, 1.82) is 0 Å². The minimum atomic E-state index is -0.122. The monoisotopic (exact) mass is 228 g/mol. The van der Waals surface area contributed by atoms with Crippen LogP contribution in [0.5, 0.6) is 0 Å². The van der Waals surface area contributed by atoms with Gasteiger partial charge < -0.3 is 0 Å². The van der Waals surface area contributed by atoms with Crippen LogP contribution in [0.3, 0.4) is 0 Å². The van der Waals surface area contributed by atoms with Crippen molar-refractivity contribution in [2.24, 2.45) is 5.84 Å². The molecule has 0 amide bonds. The van der Waals surface area contributed by atoms with Crippen molar-refractivity contribution < 1.29 is 0 Å². The van der Waals surface area contributed by atoms with Crippen molar-refractivity contribution in [2.75, 3.05) is 0 Å². The van der Waals surface area contributed by atoms with E-state index in [9.17, 15) is 0 Å². The maximum atomic E-state index is 5.61. The van der Waals surface area contributed by atoms with Gasteiger partial charge in [-0.25, -0.2) is 5.43 Å². The summed E-state index contributed by atoms with van der Waals surface area (Å²) in [5, 5.41) is 0. The average Bonchev–Trinajstić information content (AvgIpc) is 2.36. The zero-order valence-electron chi connectivity index (χ0n) is 10.0. The Kier molecular flexibility index (Phi) is 3.46. The summed E-state index contributed by atoms with van der Waals surface area (Å²) in [6.45, 7) is 4.18. The fourth-order valence-corrected chi connectivity index (χ4v) is 1.76. The van der Waals surface area contributed by atoms with E-state index in [1.54, 1.807) is 18.6 Å². The Labute approximate surface area is 101 Å². The number of hydrogen-bond acceptors (Lipinski definition) is 4. The molecule has 88 valence electrons. The van der Waals surface area contributed by atoms with Crippen LogP contribution in [0.2, 0.25) is 0 Å². The first-order valence-electron chi connectivity index (χ1n) is 5.51. The number of rotatable bonds is 3. The maximum Gasteiger partial charge on any atom is 0.0897 e. The van der Waals surface area contributed by atoms with E-state index in [-0.39, 0.29) is 6.04 Å². The van der Waals surface area contributed by atoms with Crippen molar-refractivity contribution in [1.82, 2.24) is 15.4 Å². The minimum absolute atomic E-state index is 0.122. The molecule has 4 nitrogen and oxygen atoms in total. The number of hydrogen-bond donors (Lipinski definition) is 2. The van der Waals surface area contributed by atoms with Gasteiger partial charge in [0.2, 0.25) is 0 Å². The standard InChI is InChI=1S/C13H16N4/c1-9-3-4-11(7-10(9)2)13(17-14)12-8-15-5-6-16-12/h3-8,13,17H,14H2,1-2H3. The Morgan fingerprint density at radius 2 is 2.00 bits per heavy atom. The highest BCUT2D eigenvalue weighted by Gasteiger charge is 2.14. The highest BCUT2D eigenvalue weighted by molar-refractivity contribution is 5.34. The first-order chi connectivity index (χ1) is 8.22. The molecular weight excluding hydrogens is 212 g/mol. The van der Waals surface area contributed by atoms with Crippen molar-refractivity contribution in [3.05, 3.63) is 59.2 Å². The van der Waals surface area contributed by atoms with Gasteiger partial charge >= 0.3 is 0 Å². The third-order valence-electron chi connectivity index (χ3n) is 2.91. The van der Waals surface area contributed by atoms with Gasteiger partial charge in [0.1, 0.15) is 0 Å². The summed E-state index contributed by atoms with van der Waals surface area (Å²) in [4.78, 5) is 8.33. The van der Waals surface area contributed by atoms with Gasteiger partial charge in [0.25, 0.3) is 0 Å². The van der Waals surface area contributed by atoms with Crippen LogP contribution in [0.4, 0.5) is 0 Å². The van der Waals surface area contributed by atoms with Gasteiger partial charge in [-0.2, -0.15) is 0 Å². The predicted octanol–water partition coefficient (Wildman–Crippen LogP) is 1.65. The number of aryl methyl sites for hydroxylation is 2. The van der Waals surface area contributed by atoms with E-state index in [0.29, 0.717) is 0 Å². The number of hydrazine groups is 1. The maximum absolute atomic E-state index is 5.61. The molecule has 0 saturated heterocycles. The van der Waals surface area contributed by atoms with Crippen LogP contribution in [0.1, 0.15) is 28.4 Å². The first-order valence-corrected chi connectivity index (χ1v) is 5.51. The zero-order chi connectivity index (χ0) is 12.3. The summed E-state index contributed by atoms with van der Waals surface area (Å²) < 4.78 is 0. The van der Waals surface area contributed by atoms with E-state index in [4.69, 9.17) is 5.84 Å². The van der Waals surface area contributed by atoms with Crippen LogP contribution < -0.4 is 11.3 Å². The molecule has 2 aromatic rings. The Morgan fingerprint density at radius 3 is 2.59 bits per heavy atom. The highest BCUT2D eigenvalue weighted by Crippen LogP contribution is 2.21. The van der Waals surface area contributed by atoms with Crippen LogP contribution in [-0.2, 0) is 0 Å². The largest absolute Gasteiger partial charge is 0.271 e. The fourth-order valence-electron chi connectivity index (χ4n) is 1.76. The molecule has 1 heterocycles. The van der Waals surface area contributed by atoms with Crippen molar-refractivity contribution in [3.8, 4) is 0 Å². The van der Waals surface area contributed by atoms with Gasteiger partial charge in [-0.1, -0.05) is 18.2 Å². The van der Waals surface area contributed by atoms with Crippen LogP contribution >= 0.6 is 0 Å². The lowest BCUT2D eigenvalue weighted by Gasteiger charge is -2.16. The van der Waals surface area contributed by atoms with Crippen LogP contribution in [-0.4, -0.2) is 9.97 Å². The van der Waals surface area contributed by atoms with Crippen LogP contribution in [0.25, 0.3) is 0 Å². The Balaban J connectivity index is 2.39. The minimum Gasteiger partial charge on any atom is -0.271 e. The smallest absolute Gasteiger partial charge is 0.0897 e. The van der Waals surface area contributed by atoms with Gasteiger partial charge in [-0.15, -0.1) is 0 Å². The molecular formula is C13H16N4. The second-order valence-corrected chi connectivity index (χ2v) is 4.07. The Hall–Kier alpha value is -1.78. The van der Waals surface area contributed by atoms with Gasteiger partial charge in [-0.05, 0) is 30.5 Å². The van der Waals surface area contributed by atoms with E-state index in [1.807, 2.05) is 0 Å². The normalized spacial score (nSPS) is 12.4. The number of nitrogens with two attached hydrogens (primary N) is 1. The number of aromatic nitrogens is 2. The molecule has 2 rings (SSSR count). The summed E-state index contributed by atoms with van der Waals surface area (Å²) in [6, 6.07) is 6.14. The first kappa shape index (κ1) is 11.7. The SMILES string of the molecule is Cc1ccc(C(NN)c2cnccn2)cc1C. The summed E-state index contributed by atoms with van der Waals surface area (Å²) in [7, 11) is 0. The second-order valence-electron chi connectivity index (χ2n) is 4.07. The Bertz CT molecular complexity index is 496. The molecule has 0 aliphatic carbocycles. The molecule has 3 N–H and O–H groups in total. The molecule has 1 atom stereocenters. The lowest BCUT2D eigenvalue weighted by atomic mass is 9.99. The number of nitrogens with one attached hydrogen (secondary N) is 1. The number of nitrogens with zero attached hydrogens (tertiary/aromatic N) is 2. The molecule has 0 fully saturated rings. The third kappa shape index (κ3) is 2.49. The van der Waals surface area contributed by atoms with Crippen molar-refractivity contribution in [2.45, 2.75) is 19.9 Å². The average molecular weight is 228 g/mol. The quantitative estimate of drug-likeness (QED) is 0.619. The second kappa shape index (κ2) is 5.03. The lowest BCUT2D eigenvalue weighted by Crippen LogP contribution is -2.29. The molecule has 4 heteroatoms. The molecule has 0 aliphatic heterocycles. The molecule has 1 aromatic carbocycles. The van der Waals surface area contributed by atoms with Crippen molar-refractivity contribution >= 4 is 0 Å². The molecule has 1 unspecified atom stereocenters. The van der Waals surface area contributed by atoms with E-state index >= 15 is 0 Å². The third-order valence-corrected chi connectivity index (χ3v) is 2.91. The molecule has 1 aromatic heterocycles. The molecule has 0 bridgehead atoms. The lowest BCUT2D eigenvalue weighted by molar-refractivity contribution is 0.617. The van der Waals surface area contributed by atoms with Crippen molar-refractivity contribution in [3.63, 3.8) is 0 Å². The van der Waals surface area contributed by atoms with Gasteiger partial charge in [0.05, 0.1) is 17.9 Å². The highest BCUT2D eigenvalue weighted by atomic mass is 15.2. The van der Waals surface area contributed by atoms with E-state index in [2.05, 4.69) is 47.4 Å². The molecule has 17 heavy (non-hydrogen) atoms. The van der Waals surface area contributed by atoms with Gasteiger partial charge in [0.15, 0.2) is 0 Å². The molecule has 0 spiro atoms. The van der Waals surface area contributed by atoms with E-state index in [0.717, 1.165) is 11.3 Å². The van der Waals surface area contributed by atoms with Crippen LogP contribution in [0, 0.1) is 13.8 Å². The molecule has 0 radical (unpaired) electrons. The van der Waals surface area contributed by atoms with Gasteiger partial charge in [0, 0.05) is 12.4 Å². The van der Waals surface area contributed by atoms with E-state index in [1.165, 1.54) is 11.1 Å². The van der Waals surface area contributed by atoms with Crippen LogP contribution in [0.15, 0.2) is 36.8 Å². The molecule has 0 saturated carbocycles. The summed E-state index contributed by atoms with van der Waals surface area (Å²) in [5.41, 5.74) is 7.20. The van der Waals surface area contributed by atoms with Gasteiger partial charge in [-0.3, -0.25) is 15.8 Å². The predicted molar refractivity (Wildman–Crippen MR) is 67.1 cm³/mol. The topological polar surface area (TPSA) is 63.8 Å². The molecule has 0 aliphatic rings. The Morgan fingerprint density at radius 1 is 1.18 bits per heavy atom. The number of benzene rings is 1. The van der Waals surface area contributed by atoms with E-state index < -0.39 is 0 Å². The summed E-state index contributed by atoms with van der Waals surface area (Å²) in [6.07, 6.45) is 5.04. The summed E-state index contributed by atoms with van der Waals surface area (Å²) in [5.74, 6) is 5.61. The fraction of sp³-hybridized carbons (Fsp3) is 0.231. The zero-order valence-corrected chi connectivity index (χ0v) is 10.0. The summed E-state index contributed by atoms with van der Waals surface area (Å²) >= 11 is 0.